The molecule has 1 aliphatic rings. The Morgan fingerprint density at radius 1 is 0.727 bits per heavy atom. The number of phenolic OH excluding ortho intramolecular Hbond substituents is 1. The smallest absolute Gasteiger partial charge is 0.343 e. The standard InChI is InChI=1S/C26H19N3O4/c1-27-16-17(21-9-5-6-10-23(21)27)15-22-24(31)28(18-7-3-2-4-8-18)26(33)29(25(22)32)19-11-13-20(30)14-12-19/h2-16,30H,1H3. The summed E-state index contributed by atoms with van der Waals surface area (Å²) in [5, 5.41) is 10.5. The molecule has 1 saturated heterocycles. The number of rotatable bonds is 3. The van der Waals surface area contributed by atoms with Crippen LogP contribution in [0.1, 0.15) is 5.56 Å². The van der Waals surface area contributed by atoms with E-state index in [1.165, 1.54) is 30.3 Å². The number of hydrogen-bond donors (Lipinski definition) is 1. The van der Waals surface area contributed by atoms with Gasteiger partial charge in [-0.3, -0.25) is 9.59 Å². The molecule has 0 radical (unpaired) electrons. The van der Waals surface area contributed by atoms with E-state index < -0.39 is 17.8 Å². The zero-order valence-electron chi connectivity index (χ0n) is 17.7. The highest BCUT2D eigenvalue weighted by Crippen LogP contribution is 2.31. The summed E-state index contributed by atoms with van der Waals surface area (Å²) in [5.41, 5.74) is 2.11. The third-order valence-corrected chi connectivity index (χ3v) is 5.60. The fourth-order valence-electron chi connectivity index (χ4n) is 4.01. The van der Waals surface area contributed by atoms with Gasteiger partial charge in [-0.15, -0.1) is 0 Å². The van der Waals surface area contributed by atoms with Crippen molar-refractivity contribution < 1.29 is 19.5 Å². The lowest BCUT2D eigenvalue weighted by molar-refractivity contribution is -0.121. The van der Waals surface area contributed by atoms with Crippen LogP contribution in [-0.2, 0) is 16.6 Å². The molecule has 7 nitrogen and oxygen atoms in total. The first-order chi connectivity index (χ1) is 16.0. The number of fused-ring (bicyclic) bond motifs is 1. The largest absolute Gasteiger partial charge is 0.508 e. The predicted molar refractivity (Wildman–Crippen MR) is 126 cm³/mol. The van der Waals surface area contributed by atoms with E-state index in [0.29, 0.717) is 11.3 Å². The fourth-order valence-corrected chi connectivity index (χ4v) is 4.01. The molecule has 0 bridgehead atoms. The van der Waals surface area contributed by atoms with Crippen LogP contribution >= 0.6 is 0 Å². The van der Waals surface area contributed by atoms with Crippen molar-refractivity contribution >= 4 is 46.2 Å². The fraction of sp³-hybridized carbons (Fsp3) is 0.0385. The average molecular weight is 437 g/mol. The third kappa shape index (κ3) is 3.36. The van der Waals surface area contributed by atoms with Crippen molar-refractivity contribution in [2.24, 2.45) is 7.05 Å². The molecule has 4 aromatic rings. The second kappa shape index (κ2) is 7.80. The van der Waals surface area contributed by atoms with Gasteiger partial charge in [0.05, 0.1) is 11.4 Å². The Hall–Kier alpha value is -4.65. The summed E-state index contributed by atoms with van der Waals surface area (Å²) in [6.45, 7) is 0. The predicted octanol–water partition coefficient (Wildman–Crippen LogP) is 4.47. The number of para-hydroxylation sites is 2. The Morgan fingerprint density at radius 2 is 1.30 bits per heavy atom. The Balaban J connectivity index is 1.70. The number of aromatic hydroxyl groups is 1. The first kappa shape index (κ1) is 20.3. The summed E-state index contributed by atoms with van der Waals surface area (Å²) >= 11 is 0. The van der Waals surface area contributed by atoms with E-state index in [9.17, 15) is 19.5 Å². The van der Waals surface area contributed by atoms with Crippen molar-refractivity contribution in [1.29, 1.82) is 0 Å². The van der Waals surface area contributed by atoms with Gasteiger partial charge in [-0.2, -0.15) is 0 Å². The summed E-state index contributed by atoms with van der Waals surface area (Å²) in [6, 6.07) is 21.0. The van der Waals surface area contributed by atoms with Crippen LogP contribution in [0.4, 0.5) is 16.2 Å². The highest BCUT2D eigenvalue weighted by atomic mass is 16.3. The van der Waals surface area contributed by atoms with Crippen molar-refractivity contribution in [3.05, 3.63) is 96.2 Å². The molecule has 1 aromatic heterocycles. The number of anilines is 2. The Bertz CT molecular complexity index is 1440. The van der Waals surface area contributed by atoms with Gasteiger partial charge in [-0.1, -0.05) is 36.4 Å². The molecular weight excluding hydrogens is 418 g/mol. The maximum Gasteiger partial charge on any atom is 0.343 e. The van der Waals surface area contributed by atoms with Gasteiger partial charge in [0, 0.05) is 29.7 Å². The van der Waals surface area contributed by atoms with Gasteiger partial charge >= 0.3 is 6.03 Å². The molecule has 1 fully saturated rings. The number of benzene rings is 3. The number of hydrogen-bond acceptors (Lipinski definition) is 4. The van der Waals surface area contributed by atoms with Gasteiger partial charge in [0.25, 0.3) is 11.8 Å². The van der Waals surface area contributed by atoms with E-state index in [2.05, 4.69) is 0 Å². The zero-order chi connectivity index (χ0) is 23.1. The van der Waals surface area contributed by atoms with E-state index in [1.54, 1.807) is 30.3 Å². The van der Waals surface area contributed by atoms with Crippen molar-refractivity contribution in [3.8, 4) is 5.75 Å². The summed E-state index contributed by atoms with van der Waals surface area (Å²) in [5.74, 6) is -1.42. The lowest BCUT2D eigenvalue weighted by Crippen LogP contribution is -2.57. The Labute approximate surface area is 189 Å². The maximum atomic E-state index is 13.5. The number of carbonyl (C=O) groups is 3. The minimum atomic E-state index is -0.781. The molecule has 0 saturated carbocycles. The molecule has 3 aromatic carbocycles. The molecule has 33 heavy (non-hydrogen) atoms. The molecule has 0 spiro atoms. The van der Waals surface area contributed by atoms with E-state index in [-0.39, 0.29) is 17.0 Å². The number of imide groups is 2. The topological polar surface area (TPSA) is 82.8 Å². The average Bonchev–Trinajstić information content (AvgIpc) is 3.14. The molecule has 4 amide bonds. The van der Waals surface area contributed by atoms with Gasteiger partial charge in [-0.05, 0) is 48.5 Å². The number of urea groups is 1. The van der Waals surface area contributed by atoms with Gasteiger partial charge in [0.15, 0.2) is 0 Å². The summed E-state index contributed by atoms with van der Waals surface area (Å²) in [7, 11) is 1.89. The molecule has 7 heteroatoms. The molecule has 162 valence electrons. The Morgan fingerprint density at radius 3 is 1.97 bits per heavy atom. The van der Waals surface area contributed by atoms with Crippen LogP contribution in [0.25, 0.3) is 17.0 Å². The normalized spacial score (nSPS) is 15.7. The highest BCUT2D eigenvalue weighted by molar-refractivity contribution is 6.46. The minimum Gasteiger partial charge on any atom is -0.508 e. The van der Waals surface area contributed by atoms with E-state index >= 15 is 0 Å². The number of barbiturate groups is 1. The number of amides is 4. The van der Waals surface area contributed by atoms with Gasteiger partial charge < -0.3 is 9.67 Å². The SMILES string of the molecule is Cn1cc(C=C2C(=O)N(c3ccccc3)C(=O)N(c3ccc(O)cc3)C2=O)c2ccccc21. The number of aryl methyl sites for hydroxylation is 1. The molecular formula is C26H19N3O4. The zero-order valence-corrected chi connectivity index (χ0v) is 17.7. The van der Waals surface area contributed by atoms with Crippen LogP contribution in [-0.4, -0.2) is 27.5 Å². The van der Waals surface area contributed by atoms with Gasteiger partial charge in [0.2, 0.25) is 0 Å². The van der Waals surface area contributed by atoms with Crippen LogP contribution < -0.4 is 9.80 Å². The number of aromatic nitrogens is 1. The number of carbonyl (C=O) groups excluding carboxylic acids is 3. The lowest BCUT2D eigenvalue weighted by atomic mass is 10.0. The number of phenols is 1. The van der Waals surface area contributed by atoms with Gasteiger partial charge in [-0.25, -0.2) is 14.6 Å². The van der Waals surface area contributed by atoms with Crippen LogP contribution in [0.2, 0.25) is 0 Å². The molecule has 2 heterocycles. The maximum absolute atomic E-state index is 13.5. The molecule has 1 N–H and O–H groups in total. The first-order valence-electron chi connectivity index (χ1n) is 10.3. The molecule has 0 atom stereocenters. The van der Waals surface area contributed by atoms with Crippen LogP contribution in [0.15, 0.2) is 90.6 Å². The van der Waals surface area contributed by atoms with E-state index in [4.69, 9.17) is 0 Å². The van der Waals surface area contributed by atoms with Crippen molar-refractivity contribution in [3.63, 3.8) is 0 Å². The second-order valence-electron chi connectivity index (χ2n) is 7.69. The Kier molecular flexibility index (Phi) is 4.79. The minimum absolute atomic E-state index is 0.00169. The highest BCUT2D eigenvalue weighted by Gasteiger charge is 2.43. The van der Waals surface area contributed by atoms with Crippen LogP contribution in [0.3, 0.4) is 0 Å². The van der Waals surface area contributed by atoms with Crippen molar-refractivity contribution in [2.45, 2.75) is 0 Å². The summed E-state index contributed by atoms with van der Waals surface area (Å²) in [4.78, 5) is 42.2. The lowest BCUT2D eigenvalue weighted by Gasteiger charge is -2.33. The van der Waals surface area contributed by atoms with Gasteiger partial charge in [0.1, 0.15) is 11.3 Å². The molecule has 0 aliphatic carbocycles. The van der Waals surface area contributed by atoms with Crippen LogP contribution in [0, 0.1) is 0 Å². The third-order valence-electron chi connectivity index (χ3n) is 5.60. The van der Waals surface area contributed by atoms with Crippen LogP contribution in [0.5, 0.6) is 5.75 Å². The van der Waals surface area contributed by atoms with Crippen molar-refractivity contribution in [2.75, 3.05) is 9.80 Å². The first-order valence-corrected chi connectivity index (χ1v) is 10.3. The molecule has 1 aliphatic heterocycles. The van der Waals surface area contributed by atoms with E-state index in [0.717, 1.165) is 20.7 Å². The quantitative estimate of drug-likeness (QED) is 0.379. The van der Waals surface area contributed by atoms with Crippen molar-refractivity contribution in [1.82, 2.24) is 4.57 Å². The number of nitrogens with zero attached hydrogens (tertiary/aromatic N) is 3. The second-order valence-corrected chi connectivity index (χ2v) is 7.69. The molecule has 5 rings (SSSR count). The summed E-state index contributed by atoms with van der Waals surface area (Å²) < 4.78 is 1.91. The monoisotopic (exact) mass is 437 g/mol. The van der Waals surface area contributed by atoms with E-state index in [1.807, 2.05) is 42.1 Å². The molecule has 0 unspecified atom stereocenters. The summed E-state index contributed by atoms with van der Waals surface area (Å²) in [6.07, 6.45) is 3.37.